The van der Waals surface area contributed by atoms with Gasteiger partial charge in [0.15, 0.2) is 5.82 Å². The van der Waals surface area contributed by atoms with Gasteiger partial charge in [-0.2, -0.15) is 0 Å². The lowest BCUT2D eigenvalue weighted by molar-refractivity contribution is 0.0684. The lowest BCUT2D eigenvalue weighted by Crippen LogP contribution is -2.36. The Bertz CT molecular complexity index is 876. The molecule has 0 saturated heterocycles. The van der Waals surface area contributed by atoms with E-state index in [1.165, 1.54) is 6.33 Å². The number of rotatable bonds is 6. The third-order valence-corrected chi connectivity index (χ3v) is 3.85. The Labute approximate surface area is 152 Å². The zero-order valence-electron chi connectivity index (χ0n) is 15.0. The number of nitrogens with one attached hydrogen (secondary N) is 1. The molecular formula is C19H21N5O2. The number of anilines is 2. The fourth-order valence-electron chi connectivity index (χ4n) is 2.52. The van der Waals surface area contributed by atoms with E-state index in [9.17, 15) is 4.79 Å². The molecule has 3 aromatic rings. The van der Waals surface area contributed by atoms with E-state index in [4.69, 9.17) is 4.52 Å². The number of nitrogens with zero attached hydrogens (tertiary/aromatic N) is 4. The lowest BCUT2D eigenvalue weighted by atomic mass is 10.1. The van der Waals surface area contributed by atoms with E-state index in [0.29, 0.717) is 29.6 Å². The molecule has 0 saturated carbocycles. The number of aryl methyl sites for hydroxylation is 1. The topological polar surface area (TPSA) is 84.2 Å². The number of amides is 1. The molecule has 0 atom stereocenters. The first-order valence-corrected chi connectivity index (χ1v) is 8.40. The van der Waals surface area contributed by atoms with Gasteiger partial charge in [0, 0.05) is 24.7 Å². The van der Waals surface area contributed by atoms with Gasteiger partial charge in [0.05, 0.1) is 0 Å². The summed E-state index contributed by atoms with van der Waals surface area (Å²) in [7, 11) is 0. The van der Waals surface area contributed by atoms with Crippen LogP contribution in [0, 0.1) is 6.92 Å². The predicted molar refractivity (Wildman–Crippen MR) is 98.0 cm³/mol. The zero-order chi connectivity index (χ0) is 18.5. The Kier molecular flexibility index (Phi) is 5.26. The van der Waals surface area contributed by atoms with Crippen LogP contribution in [0.3, 0.4) is 0 Å². The van der Waals surface area contributed by atoms with Crippen molar-refractivity contribution in [1.29, 1.82) is 0 Å². The molecule has 0 aliphatic heterocycles. The van der Waals surface area contributed by atoms with E-state index in [2.05, 4.69) is 20.4 Å². The van der Waals surface area contributed by atoms with E-state index in [0.717, 1.165) is 5.56 Å². The van der Waals surface area contributed by atoms with Crippen LogP contribution >= 0.6 is 0 Å². The van der Waals surface area contributed by atoms with Crippen molar-refractivity contribution < 1.29 is 9.32 Å². The lowest BCUT2D eigenvalue weighted by Gasteiger charge is -2.26. The molecule has 2 aromatic heterocycles. The normalized spacial score (nSPS) is 10.8. The number of carbonyl (C=O) groups is 1. The van der Waals surface area contributed by atoms with Crippen molar-refractivity contribution in [3.8, 4) is 0 Å². The zero-order valence-corrected chi connectivity index (χ0v) is 15.0. The molecule has 7 heteroatoms. The second-order valence-corrected chi connectivity index (χ2v) is 6.25. The van der Waals surface area contributed by atoms with Crippen LogP contribution in [-0.2, 0) is 6.54 Å². The molecule has 7 nitrogen and oxygen atoms in total. The minimum Gasteiger partial charge on any atom is -0.360 e. The number of benzene rings is 1. The second kappa shape index (κ2) is 7.77. The Hall–Kier alpha value is -3.22. The molecule has 134 valence electrons. The Morgan fingerprint density at radius 2 is 1.92 bits per heavy atom. The molecule has 0 unspecified atom stereocenters. The van der Waals surface area contributed by atoms with E-state index in [-0.39, 0.29) is 11.9 Å². The van der Waals surface area contributed by atoms with Gasteiger partial charge in [0.1, 0.15) is 23.6 Å². The molecule has 0 spiro atoms. The van der Waals surface area contributed by atoms with Gasteiger partial charge in [-0.05, 0) is 26.3 Å². The van der Waals surface area contributed by atoms with E-state index in [1.807, 2.05) is 44.2 Å². The Balaban J connectivity index is 1.79. The van der Waals surface area contributed by atoms with Crippen molar-refractivity contribution in [2.45, 2.75) is 33.4 Å². The summed E-state index contributed by atoms with van der Waals surface area (Å²) < 4.78 is 5.02. The second-order valence-electron chi connectivity index (χ2n) is 6.25. The van der Waals surface area contributed by atoms with Gasteiger partial charge in [0.25, 0.3) is 5.91 Å². The smallest absolute Gasteiger partial charge is 0.273 e. The number of carbonyl (C=O) groups excluding carboxylic acids is 1. The molecule has 0 aliphatic carbocycles. The quantitative estimate of drug-likeness (QED) is 0.731. The third-order valence-electron chi connectivity index (χ3n) is 3.85. The van der Waals surface area contributed by atoms with Crippen LogP contribution in [0.4, 0.5) is 11.6 Å². The highest BCUT2D eigenvalue weighted by Crippen LogP contribution is 2.17. The molecule has 0 bridgehead atoms. The number of hydrogen-bond donors (Lipinski definition) is 1. The average molecular weight is 351 g/mol. The molecule has 2 heterocycles. The molecule has 0 aliphatic rings. The summed E-state index contributed by atoms with van der Waals surface area (Å²) in [4.78, 5) is 23.0. The van der Waals surface area contributed by atoms with Crippen molar-refractivity contribution in [2.24, 2.45) is 0 Å². The fraction of sp³-hybridized carbons (Fsp3) is 0.263. The first kappa shape index (κ1) is 17.6. The van der Waals surface area contributed by atoms with Crippen LogP contribution in [0.5, 0.6) is 0 Å². The monoisotopic (exact) mass is 351 g/mol. The van der Waals surface area contributed by atoms with Crippen LogP contribution in [-0.4, -0.2) is 32.0 Å². The van der Waals surface area contributed by atoms with E-state index >= 15 is 0 Å². The third kappa shape index (κ3) is 4.24. The van der Waals surface area contributed by atoms with Crippen molar-refractivity contribution in [2.75, 3.05) is 5.32 Å². The van der Waals surface area contributed by atoms with Gasteiger partial charge in [-0.3, -0.25) is 4.79 Å². The molecule has 1 amide bonds. The molecule has 26 heavy (non-hydrogen) atoms. The summed E-state index contributed by atoms with van der Waals surface area (Å²) in [6.07, 6.45) is 1.36. The first-order valence-electron chi connectivity index (χ1n) is 8.40. The van der Waals surface area contributed by atoms with Crippen LogP contribution in [0.25, 0.3) is 0 Å². The highest BCUT2D eigenvalue weighted by atomic mass is 16.5. The molecule has 1 aromatic carbocycles. The van der Waals surface area contributed by atoms with Crippen LogP contribution in [0.15, 0.2) is 53.3 Å². The summed E-state index contributed by atoms with van der Waals surface area (Å²) >= 11 is 0. The minimum atomic E-state index is -0.148. The largest absolute Gasteiger partial charge is 0.360 e. The highest BCUT2D eigenvalue weighted by Gasteiger charge is 2.21. The van der Waals surface area contributed by atoms with Crippen LogP contribution in [0.2, 0.25) is 0 Å². The van der Waals surface area contributed by atoms with Crippen molar-refractivity contribution >= 4 is 17.5 Å². The Morgan fingerprint density at radius 1 is 1.15 bits per heavy atom. The summed E-state index contributed by atoms with van der Waals surface area (Å²) in [6, 6.07) is 13.3. The average Bonchev–Trinajstić information content (AvgIpc) is 3.05. The minimum absolute atomic E-state index is 0.0345. The van der Waals surface area contributed by atoms with Crippen molar-refractivity contribution in [3.63, 3.8) is 0 Å². The number of hydrogen-bond acceptors (Lipinski definition) is 6. The maximum atomic E-state index is 13.0. The maximum absolute atomic E-state index is 13.0. The van der Waals surface area contributed by atoms with E-state index < -0.39 is 0 Å². The predicted octanol–water partition coefficient (Wildman–Crippen LogP) is 3.57. The molecule has 0 fully saturated rings. The molecule has 0 radical (unpaired) electrons. The standard InChI is InChI=1S/C19H21N5O2/c1-13(2)24(11-15-7-5-4-6-8-15)19(25)16-10-17(21-12-20-16)22-18-9-14(3)26-23-18/h4-10,12-13H,11H2,1-3H3,(H,20,21,22,23). The molecule has 1 N–H and O–H groups in total. The van der Waals surface area contributed by atoms with Gasteiger partial charge >= 0.3 is 0 Å². The summed E-state index contributed by atoms with van der Waals surface area (Å²) in [5.74, 6) is 1.56. The van der Waals surface area contributed by atoms with Gasteiger partial charge in [0.2, 0.25) is 0 Å². The number of aromatic nitrogens is 3. The summed E-state index contributed by atoms with van der Waals surface area (Å²) in [6.45, 7) is 6.29. The first-order chi connectivity index (χ1) is 12.5. The van der Waals surface area contributed by atoms with Crippen LogP contribution in [0.1, 0.15) is 35.7 Å². The van der Waals surface area contributed by atoms with Gasteiger partial charge in [-0.25, -0.2) is 9.97 Å². The van der Waals surface area contributed by atoms with E-state index in [1.54, 1.807) is 24.0 Å². The summed E-state index contributed by atoms with van der Waals surface area (Å²) in [5.41, 5.74) is 1.40. The van der Waals surface area contributed by atoms with Gasteiger partial charge < -0.3 is 14.7 Å². The fourth-order valence-corrected chi connectivity index (χ4v) is 2.52. The summed E-state index contributed by atoms with van der Waals surface area (Å²) in [5, 5.41) is 6.87. The Morgan fingerprint density at radius 3 is 2.58 bits per heavy atom. The van der Waals surface area contributed by atoms with Crippen molar-refractivity contribution in [3.05, 3.63) is 65.8 Å². The molecule has 3 rings (SSSR count). The van der Waals surface area contributed by atoms with Gasteiger partial charge in [-0.15, -0.1) is 0 Å². The SMILES string of the molecule is Cc1cc(Nc2cc(C(=O)N(Cc3ccccc3)C(C)C)ncn2)no1. The van der Waals surface area contributed by atoms with Crippen LogP contribution < -0.4 is 5.32 Å². The van der Waals surface area contributed by atoms with Gasteiger partial charge in [-0.1, -0.05) is 35.5 Å². The maximum Gasteiger partial charge on any atom is 0.273 e. The highest BCUT2D eigenvalue weighted by molar-refractivity contribution is 5.93. The van der Waals surface area contributed by atoms with Crippen molar-refractivity contribution in [1.82, 2.24) is 20.0 Å². The molecular weight excluding hydrogens is 330 g/mol.